The Bertz CT molecular complexity index is 2390. The van der Waals surface area contributed by atoms with Crippen molar-refractivity contribution in [2.75, 3.05) is 13.7 Å². The van der Waals surface area contributed by atoms with Crippen molar-refractivity contribution < 1.29 is 28.7 Å². The Kier molecular flexibility index (Phi) is 13.9. The number of nitrogens with one attached hydrogen (secondary N) is 4. The van der Waals surface area contributed by atoms with Crippen molar-refractivity contribution in [3.8, 4) is 0 Å². The van der Waals surface area contributed by atoms with E-state index >= 15 is 0 Å². The fourth-order valence-electron chi connectivity index (χ4n) is 9.50. The Hall–Kier alpha value is -5.38. The number of ether oxygens (including phenoxy) is 2. The number of methoxy groups -OCH3 is 1. The smallest absolute Gasteiger partial charge is 0.342 e. The highest BCUT2D eigenvalue weighted by molar-refractivity contribution is 6.34. The monoisotopic (exact) mass is 816 g/mol. The molecule has 3 aromatic heterocycles. The molecule has 2 aliphatic heterocycles. The lowest BCUT2D eigenvalue weighted by Crippen LogP contribution is -2.31. The fraction of sp³-hybridized carbons (Fsp3) is 0.480. The van der Waals surface area contributed by atoms with Crippen LogP contribution in [0.5, 0.6) is 0 Å². The van der Waals surface area contributed by atoms with Crippen molar-refractivity contribution in [1.82, 2.24) is 20.3 Å². The van der Waals surface area contributed by atoms with Gasteiger partial charge in [0.25, 0.3) is 0 Å². The summed E-state index contributed by atoms with van der Waals surface area (Å²) in [4.78, 5) is 64.4. The van der Waals surface area contributed by atoms with Crippen LogP contribution in [0.4, 0.5) is 0 Å². The number of Topliss-reactive ketones (excluding diaryl/α,β-unsaturated/α-hetero) is 1. The number of aromatic nitrogens is 3. The standard InChI is InChI=1S/C50H64N4O6/c1-11-33-30(7)37-23-38-31(8)35(19-20-43(56)60-22-21-29(6)18-14-17-28(5)16-13-15-27(3)4)47(53-38)45-46(50(58)59-10)49(57)44-32(9)39(54-48(44)45)24-41-34(12-2)36(26-55)42(52-41)25-40(33)51-37/h11,21,23-28,31,35,47,51-54H,1,12-20,22H2,2-10H3/b29-21+,38-23-,41-24?,42-25-/t28-,31+,35+,47?/m1/s1. The number of esters is 2. The van der Waals surface area contributed by atoms with Crippen molar-refractivity contribution in [3.63, 3.8) is 0 Å². The van der Waals surface area contributed by atoms with E-state index in [0.29, 0.717) is 57.8 Å². The number of carbonyl (C=O) groups is 4. The molecule has 1 aliphatic carbocycles. The normalized spacial score (nSPS) is 20.3. The topological polar surface area (TPSA) is 146 Å². The Labute approximate surface area is 354 Å². The molecule has 1 unspecified atom stereocenters. The van der Waals surface area contributed by atoms with Crippen LogP contribution in [0.25, 0.3) is 29.9 Å². The maximum absolute atomic E-state index is 14.3. The van der Waals surface area contributed by atoms with Crippen LogP contribution in [0.2, 0.25) is 0 Å². The number of aromatic amines is 3. The number of carbonyl (C=O) groups excluding carboxylic acids is 4. The van der Waals surface area contributed by atoms with Gasteiger partial charge in [0.2, 0.25) is 5.78 Å². The van der Waals surface area contributed by atoms with Gasteiger partial charge in [-0.1, -0.05) is 78.5 Å². The molecule has 0 amide bonds. The molecule has 10 nitrogen and oxygen atoms in total. The molecule has 10 heteroatoms. The number of allylic oxidation sites excluding steroid dienone is 2. The molecule has 6 rings (SSSR count). The van der Waals surface area contributed by atoms with Crippen LogP contribution >= 0.6 is 0 Å². The van der Waals surface area contributed by atoms with E-state index in [0.717, 1.165) is 64.2 Å². The lowest BCUT2D eigenvalue weighted by Gasteiger charge is -2.23. The second-order valence-electron chi connectivity index (χ2n) is 17.6. The second-order valence-corrected chi connectivity index (χ2v) is 17.6. The number of rotatable bonds is 17. The zero-order valence-electron chi connectivity index (χ0n) is 37.1. The van der Waals surface area contributed by atoms with E-state index in [4.69, 9.17) is 9.47 Å². The molecule has 0 saturated carbocycles. The van der Waals surface area contributed by atoms with E-state index in [1.165, 1.54) is 38.4 Å². The van der Waals surface area contributed by atoms with Crippen molar-refractivity contribution in [2.24, 2.45) is 23.7 Å². The van der Waals surface area contributed by atoms with Gasteiger partial charge >= 0.3 is 11.9 Å². The first-order valence-corrected chi connectivity index (χ1v) is 21.9. The SMILES string of the molecule is C=Cc1c2[nH]c(c1C)/C=C1\NC(C3=C(C(=O)OC)C(=O)c4c3[nH]c(c4C)C=c3[nH]/c(c(C=O)c3CC)=C\2)[C@@H](CCC(=O)OC/C=C(\C)CCC[C@H](C)CCCC(C)C)[C@@H]1C. The average molecular weight is 817 g/mol. The number of H-pyrrole nitrogens is 3. The minimum absolute atomic E-state index is 0.0138. The first-order chi connectivity index (χ1) is 28.7. The number of hydrogen-bond acceptors (Lipinski definition) is 7. The summed E-state index contributed by atoms with van der Waals surface area (Å²) in [5, 5.41) is 5.13. The van der Waals surface area contributed by atoms with Crippen LogP contribution in [-0.4, -0.2) is 58.7 Å². The number of fused-ring (bicyclic) bond motifs is 8. The Balaban J connectivity index is 1.33. The molecule has 5 heterocycles. The first-order valence-electron chi connectivity index (χ1n) is 21.9. The van der Waals surface area contributed by atoms with Crippen molar-refractivity contribution in [3.05, 3.63) is 96.4 Å². The maximum atomic E-state index is 14.3. The Morgan fingerprint density at radius 3 is 2.32 bits per heavy atom. The predicted octanol–water partition coefficient (Wildman–Crippen LogP) is 8.57. The molecule has 8 bridgehead atoms. The van der Waals surface area contributed by atoms with Crippen LogP contribution in [0.15, 0.2) is 29.5 Å². The quantitative estimate of drug-likeness (QED) is 0.0462. The molecule has 4 atom stereocenters. The third kappa shape index (κ3) is 8.89. The molecule has 4 N–H and O–H groups in total. The molecule has 0 spiro atoms. The minimum atomic E-state index is -0.708. The first kappa shape index (κ1) is 44.2. The van der Waals surface area contributed by atoms with E-state index in [2.05, 4.69) is 67.5 Å². The minimum Gasteiger partial charge on any atom is -0.465 e. The lowest BCUT2D eigenvalue weighted by atomic mass is 9.82. The van der Waals surface area contributed by atoms with Gasteiger partial charge in [0, 0.05) is 57.2 Å². The summed E-state index contributed by atoms with van der Waals surface area (Å²) in [6.45, 7) is 21.3. The Morgan fingerprint density at radius 1 is 0.917 bits per heavy atom. The van der Waals surface area contributed by atoms with Crippen molar-refractivity contribution in [2.45, 2.75) is 119 Å². The van der Waals surface area contributed by atoms with Crippen LogP contribution in [0, 0.1) is 37.5 Å². The molecule has 320 valence electrons. The molecule has 1 saturated heterocycles. The number of aldehydes is 1. The van der Waals surface area contributed by atoms with Gasteiger partial charge in [-0.25, -0.2) is 4.79 Å². The van der Waals surface area contributed by atoms with Gasteiger partial charge in [0.15, 0.2) is 6.29 Å². The molecule has 3 aromatic rings. The zero-order chi connectivity index (χ0) is 43.4. The molecule has 60 heavy (non-hydrogen) atoms. The summed E-state index contributed by atoms with van der Waals surface area (Å²) < 4.78 is 11.0. The average Bonchev–Trinajstić information content (AvgIpc) is 3.96. The molecule has 0 radical (unpaired) electrons. The van der Waals surface area contributed by atoms with Crippen LogP contribution in [0.1, 0.15) is 159 Å². The van der Waals surface area contributed by atoms with Crippen LogP contribution in [-0.2, 0) is 25.5 Å². The van der Waals surface area contributed by atoms with E-state index in [1.807, 2.05) is 45.1 Å². The molecule has 1 fully saturated rings. The highest BCUT2D eigenvalue weighted by Crippen LogP contribution is 2.46. The van der Waals surface area contributed by atoms with Gasteiger partial charge in [-0.15, -0.1) is 0 Å². The van der Waals surface area contributed by atoms with Crippen LogP contribution in [0.3, 0.4) is 0 Å². The largest absolute Gasteiger partial charge is 0.465 e. The van der Waals surface area contributed by atoms with Gasteiger partial charge in [-0.3, -0.25) is 14.4 Å². The second kappa shape index (κ2) is 18.9. The lowest BCUT2D eigenvalue weighted by molar-refractivity contribution is -0.142. The van der Waals surface area contributed by atoms with Gasteiger partial charge in [0.05, 0.1) is 29.8 Å². The van der Waals surface area contributed by atoms with E-state index < -0.39 is 17.8 Å². The van der Waals surface area contributed by atoms with E-state index in [9.17, 15) is 19.2 Å². The number of hydrogen-bond donors (Lipinski definition) is 4. The van der Waals surface area contributed by atoms with Gasteiger partial charge in [-0.2, -0.15) is 0 Å². The highest BCUT2D eigenvalue weighted by Gasteiger charge is 2.47. The summed E-state index contributed by atoms with van der Waals surface area (Å²) in [7, 11) is 1.28. The van der Waals surface area contributed by atoms with E-state index in [-0.39, 0.29) is 36.4 Å². The van der Waals surface area contributed by atoms with Gasteiger partial charge < -0.3 is 29.7 Å². The predicted molar refractivity (Wildman–Crippen MR) is 240 cm³/mol. The molecular weight excluding hydrogens is 753 g/mol. The zero-order valence-corrected chi connectivity index (χ0v) is 37.1. The summed E-state index contributed by atoms with van der Waals surface area (Å²) in [5.74, 6) is -0.239. The Morgan fingerprint density at radius 2 is 1.63 bits per heavy atom. The maximum Gasteiger partial charge on any atom is 0.342 e. The third-order valence-electron chi connectivity index (χ3n) is 13.1. The van der Waals surface area contributed by atoms with E-state index in [1.54, 1.807) is 0 Å². The molecule has 0 aromatic carbocycles. The molecular formula is C50H64N4O6. The third-order valence-corrected chi connectivity index (χ3v) is 13.1. The van der Waals surface area contributed by atoms with Gasteiger partial charge in [0.1, 0.15) is 12.2 Å². The molecule has 3 aliphatic rings. The van der Waals surface area contributed by atoms with Crippen LogP contribution < -0.4 is 16.0 Å². The van der Waals surface area contributed by atoms with Crippen molar-refractivity contribution >= 4 is 53.9 Å². The summed E-state index contributed by atoms with van der Waals surface area (Å²) >= 11 is 0. The summed E-state index contributed by atoms with van der Waals surface area (Å²) in [6.07, 6.45) is 19.0. The summed E-state index contributed by atoms with van der Waals surface area (Å²) in [5.41, 5.74) is 9.92. The van der Waals surface area contributed by atoms with Gasteiger partial charge in [-0.05, 0) is 105 Å². The van der Waals surface area contributed by atoms with Crippen molar-refractivity contribution in [1.29, 1.82) is 0 Å². The fourth-order valence-corrected chi connectivity index (χ4v) is 9.50. The number of ketones is 1. The highest BCUT2D eigenvalue weighted by atomic mass is 16.5. The summed E-state index contributed by atoms with van der Waals surface area (Å²) in [6, 6.07) is -0.516.